The first kappa shape index (κ1) is 20.1. The predicted octanol–water partition coefficient (Wildman–Crippen LogP) is 6.23. The summed E-state index contributed by atoms with van der Waals surface area (Å²) in [4.78, 5) is 22.2. The zero-order valence-electron chi connectivity index (χ0n) is 17.1. The van der Waals surface area contributed by atoms with Crippen molar-refractivity contribution in [3.63, 3.8) is 0 Å². The minimum absolute atomic E-state index is 0.0386. The molecule has 1 aliphatic heterocycles. The van der Waals surface area contributed by atoms with Crippen LogP contribution in [-0.2, 0) is 4.79 Å². The molecular weight excluding hydrogens is 390 g/mol. The monoisotopic (exact) mass is 413 g/mol. The molecule has 30 heavy (non-hydrogen) atoms. The van der Waals surface area contributed by atoms with Gasteiger partial charge in [0.1, 0.15) is 0 Å². The van der Waals surface area contributed by atoms with Gasteiger partial charge in [0.25, 0.3) is 0 Å². The molecular formula is C25H23N3OS. The number of nitrogens with zero attached hydrogens (tertiary/aromatic N) is 2. The Kier molecular flexibility index (Phi) is 6.10. The maximum atomic E-state index is 12.5. The van der Waals surface area contributed by atoms with E-state index in [0.717, 1.165) is 38.9 Å². The lowest BCUT2D eigenvalue weighted by Crippen LogP contribution is -2.16. The zero-order valence-corrected chi connectivity index (χ0v) is 17.9. The maximum Gasteiger partial charge on any atom is 0.234 e. The van der Waals surface area contributed by atoms with Crippen LogP contribution in [0.25, 0.3) is 0 Å². The van der Waals surface area contributed by atoms with Gasteiger partial charge in [0.05, 0.1) is 27.9 Å². The number of thioether (sulfide) groups is 1. The van der Waals surface area contributed by atoms with Crippen LogP contribution in [0.2, 0.25) is 0 Å². The van der Waals surface area contributed by atoms with Gasteiger partial charge in [0.2, 0.25) is 5.91 Å². The molecule has 3 aromatic carbocycles. The molecule has 0 spiro atoms. The number of fused-ring (bicyclic) bond motifs is 1. The number of amides is 1. The van der Waals surface area contributed by atoms with E-state index in [0.29, 0.717) is 12.2 Å². The molecule has 0 radical (unpaired) electrons. The first-order valence-corrected chi connectivity index (χ1v) is 10.9. The molecule has 1 heterocycles. The van der Waals surface area contributed by atoms with Crippen LogP contribution in [0.15, 0.2) is 82.8 Å². The van der Waals surface area contributed by atoms with E-state index in [-0.39, 0.29) is 5.91 Å². The van der Waals surface area contributed by atoms with Crippen LogP contribution in [-0.4, -0.2) is 22.4 Å². The van der Waals surface area contributed by atoms with Gasteiger partial charge in [-0.1, -0.05) is 60.2 Å². The number of aryl methyl sites for hydroxylation is 2. The van der Waals surface area contributed by atoms with Crippen molar-refractivity contribution in [3.05, 3.63) is 89.5 Å². The van der Waals surface area contributed by atoms with Crippen LogP contribution in [0.1, 0.15) is 23.1 Å². The molecule has 1 aliphatic rings. The summed E-state index contributed by atoms with van der Waals surface area (Å²) in [5.74, 6) is 0.264. The van der Waals surface area contributed by atoms with Crippen molar-refractivity contribution in [2.24, 2.45) is 9.98 Å². The molecule has 0 bridgehead atoms. The van der Waals surface area contributed by atoms with Crippen LogP contribution in [0.5, 0.6) is 0 Å². The number of carbonyl (C=O) groups excluding carboxylic acids is 1. The lowest BCUT2D eigenvalue weighted by Gasteiger charge is -2.10. The standard InChI is InChI=1S/C25H23N3OS/c1-17-11-13-19(14-12-17)23-15-25(28-22-10-6-5-9-21(22)26-23)30-16-24(29)27-20-8-4-3-7-18(20)2/h3-14H,15-16H2,1-2H3,(H,27,29). The number of para-hydroxylation sites is 3. The minimum Gasteiger partial charge on any atom is -0.325 e. The van der Waals surface area contributed by atoms with E-state index in [9.17, 15) is 4.79 Å². The smallest absolute Gasteiger partial charge is 0.234 e. The van der Waals surface area contributed by atoms with E-state index < -0.39 is 0 Å². The zero-order chi connectivity index (χ0) is 20.9. The summed E-state index contributed by atoms with van der Waals surface area (Å²) in [6.45, 7) is 4.06. The molecule has 4 rings (SSSR count). The van der Waals surface area contributed by atoms with Crippen molar-refractivity contribution in [1.82, 2.24) is 0 Å². The van der Waals surface area contributed by atoms with E-state index in [4.69, 9.17) is 9.98 Å². The van der Waals surface area contributed by atoms with Crippen molar-refractivity contribution in [3.8, 4) is 0 Å². The Morgan fingerprint density at radius 2 is 1.57 bits per heavy atom. The van der Waals surface area contributed by atoms with Crippen LogP contribution in [0, 0.1) is 13.8 Å². The highest BCUT2D eigenvalue weighted by atomic mass is 32.2. The summed E-state index contributed by atoms with van der Waals surface area (Å²) in [6, 6.07) is 24.0. The molecule has 5 heteroatoms. The van der Waals surface area contributed by atoms with Gasteiger partial charge in [-0.2, -0.15) is 0 Å². The van der Waals surface area contributed by atoms with Gasteiger partial charge in [-0.15, -0.1) is 11.8 Å². The third-order valence-electron chi connectivity index (χ3n) is 4.87. The van der Waals surface area contributed by atoms with E-state index >= 15 is 0 Å². The Hall–Kier alpha value is -3.18. The number of benzene rings is 3. The van der Waals surface area contributed by atoms with Crippen LogP contribution in [0.4, 0.5) is 17.1 Å². The van der Waals surface area contributed by atoms with E-state index in [2.05, 4.69) is 36.5 Å². The molecule has 150 valence electrons. The third kappa shape index (κ3) is 4.86. The summed E-state index contributed by atoms with van der Waals surface area (Å²) < 4.78 is 0. The predicted molar refractivity (Wildman–Crippen MR) is 128 cm³/mol. The van der Waals surface area contributed by atoms with Gasteiger partial charge in [-0.25, -0.2) is 4.99 Å². The van der Waals surface area contributed by atoms with Crippen molar-refractivity contribution < 1.29 is 4.79 Å². The highest BCUT2D eigenvalue weighted by Crippen LogP contribution is 2.33. The quantitative estimate of drug-likeness (QED) is 0.551. The summed E-state index contributed by atoms with van der Waals surface area (Å²) in [6.07, 6.45) is 0.597. The fraction of sp³-hybridized carbons (Fsp3) is 0.160. The lowest BCUT2D eigenvalue weighted by atomic mass is 10.1. The van der Waals surface area contributed by atoms with Crippen LogP contribution < -0.4 is 5.32 Å². The fourth-order valence-corrected chi connectivity index (χ4v) is 3.97. The highest BCUT2D eigenvalue weighted by molar-refractivity contribution is 8.14. The van der Waals surface area contributed by atoms with Crippen molar-refractivity contribution in [2.75, 3.05) is 11.1 Å². The minimum atomic E-state index is -0.0386. The Morgan fingerprint density at radius 1 is 0.900 bits per heavy atom. The summed E-state index contributed by atoms with van der Waals surface area (Å²) in [5, 5.41) is 3.88. The molecule has 0 aliphatic carbocycles. The maximum absolute atomic E-state index is 12.5. The number of carbonyl (C=O) groups is 1. The number of rotatable bonds is 4. The van der Waals surface area contributed by atoms with Gasteiger partial charge < -0.3 is 5.32 Å². The van der Waals surface area contributed by atoms with Crippen molar-refractivity contribution in [2.45, 2.75) is 20.3 Å². The second-order valence-electron chi connectivity index (χ2n) is 7.25. The number of hydrogen-bond donors (Lipinski definition) is 1. The largest absolute Gasteiger partial charge is 0.325 e. The third-order valence-corrected chi connectivity index (χ3v) is 5.85. The summed E-state index contributed by atoms with van der Waals surface area (Å²) >= 11 is 1.47. The molecule has 0 fully saturated rings. The fourth-order valence-electron chi connectivity index (χ4n) is 3.20. The average Bonchev–Trinajstić information content (AvgIpc) is 2.94. The van der Waals surface area contributed by atoms with Gasteiger partial charge >= 0.3 is 0 Å². The summed E-state index contributed by atoms with van der Waals surface area (Å²) in [5.41, 5.74) is 6.84. The number of anilines is 1. The Labute approximate surface area is 181 Å². The normalized spacial score (nSPS) is 13.0. The molecule has 1 amide bonds. The molecule has 0 atom stereocenters. The molecule has 1 N–H and O–H groups in total. The van der Waals surface area contributed by atoms with Gasteiger partial charge in [-0.3, -0.25) is 9.79 Å². The van der Waals surface area contributed by atoms with Crippen molar-refractivity contribution in [1.29, 1.82) is 0 Å². The SMILES string of the molecule is Cc1ccc(C2=Nc3ccccc3N=C(SCC(=O)Nc3ccccc3C)C2)cc1. The average molecular weight is 414 g/mol. The summed E-state index contributed by atoms with van der Waals surface area (Å²) in [7, 11) is 0. The Balaban J connectivity index is 1.53. The Morgan fingerprint density at radius 3 is 2.30 bits per heavy atom. The second kappa shape index (κ2) is 9.09. The molecule has 0 aromatic heterocycles. The Bertz CT molecular complexity index is 1130. The molecule has 0 saturated carbocycles. The van der Waals surface area contributed by atoms with Gasteiger partial charge in [0, 0.05) is 12.1 Å². The van der Waals surface area contributed by atoms with Crippen LogP contribution in [0.3, 0.4) is 0 Å². The molecule has 0 unspecified atom stereocenters. The van der Waals surface area contributed by atoms with E-state index in [1.807, 2.05) is 55.5 Å². The second-order valence-corrected chi connectivity index (χ2v) is 8.30. The van der Waals surface area contributed by atoms with Crippen molar-refractivity contribution >= 4 is 45.5 Å². The first-order chi connectivity index (χ1) is 14.6. The van der Waals surface area contributed by atoms with E-state index in [1.165, 1.54) is 17.3 Å². The number of nitrogens with one attached hydrogen (secondary N) is 1. The topological polar surface area (TPSA) is 53.8 Å². The molecule has 4 nitrogen and oxygen atoms in total. The first-order valence-electron chi connectivity index (χ1n) is 9.88. The number of hydrogen-bond acceptors (Lipinski definition) is 4. The van der Waals surface area contributed by atoms with E-state index in [1.54, 1.807) is 0 Å². The van der Waals surface area contributed by atoms with Gasteiger partial charge in [0.15, 0.2) is 0 Å². The highest BCUT2D eigenvalue weighted by Gasteiger charge is 2.16. The van der Waals surface area contributed by atoms with Gasteiger partial charge in [-0.05, 0) is 43.2 Å². The lowest BCUT2D eigenvalue weighted by molar-refractivity contribution is -0.113. The van der Waals surface area contributed by atoms with Crippen LogP contribution >= 0.6 is 11.8 Å². The molecule has 3 aromatic rings. The number of aliphatic imine (C=N–C) groups is 2. The molecule has 0 saturated heterocycles.